The normalized spacial score (nSPS) is 15.0. The van der Waals surface area contributed by atoms with E-state index in [-0.39, 0.29) is 11.9 Å². The molecule has 0 saturated carbocycles. The molecule has 144 valence electrons. The molecule has 1 aliphatic rings. The van der Waals surface area contributed by atoms with E-state index >= 15 is 0 Å². The summed E-state index contributed by atoms with van der Waals surface area (Å²) in [6.07, 6.45) is 8.74. The lowest BCUT2D eigenvalue weighted by atomic mass is 9.96. The first-order valence-corrected chi connectivity index (χ1v) is 9.42. The van der Waals surface area contributed by atoms with Gasteiger partial charge in [-0.3, -0.25) is 9.48 Å². The van der Waals surface area contributed by atoms with Gasteiger partial charge in [-0.1, -0.05) is 0 Å². The van der Waals surface area contributed by atoms with E-state index in [1.807, 2.05) is 32.6 Å². The number of hydrogen-bond acceptors (Lipinski definition) is 6. The fourth-order valence-corrected chi connectivity index (χ4v) is 3.77. The summed E-state index contributed by atoms with van der Waals surface area (Å²) in [4.78, 5) is 14.3. The second-order valence-corrected chi connectivity index (χ2v) is 6.99. The van der Waals surface area contributed by atoms with E-state index in [4.69, 9.17) is 4.74 Å². The molecule has 0 radical (unpaired) electrons. The van der Waals surface area contributed by atoms with Gasteiger partial charge in [0.05, 0.1) is 36.2 Å². The molecule has 0 N–H and O–H groups in total. The lowest BCUT2D eigenvalue weighted by Gasteiger charge is -2.33. The van der Waals surface area contributed by atoms with Gasteiger partial charge in [0, 0.05) is 43.7 Å². The fraction of sp³-hybridized carbons (Fsp3) is 0.400. The molecule has 0 atom stereocenters. The summed E-state index contributed by atoms with van der Waals surface area (Å²) < 4.78 is 8.69. The highest BCUT2D eigenvalue weighted by Gasteiger charge is 2.28. The van der Waals surface area contributed by atoms with Crippen molar-refractivity contribution in [1.82, 2.24) is 19.4 Å². The van der Waals surface area contributed by atoms with Crippen molar-refractivity contribution in [3.63, 3.8) is 0 Å². The van der Waals surface area contributed by atoms with Crippen LogP contribution in [0.5, 0.6) is 0 Å². The van der Waals surface area contributed by atoms with Crippen LogP contribution in [0.25, 0.3) is 16.6 Å². The minimum atomic E-state index is -0.113. The van der Waals surface area contributed by atoms with Gasteiger partial charge in [-0.15, -0.1) is 0 Å². The van der Waals surface area contributed by atoms with E-state index in [2.05, 4.69) is 27.2 Å². The molecule has 0 unspecified atom stereocenters. The Morgan fingerprint density at radius 1 is 1.25 bits per heavy atom. The van der Waals surface area contributed by atoms with Crippen LogP contribution in [0.15, 0.2) is 30.9 Å². The Bertz CT molecular complexity index is 1050. The second kappa shape index (κ2) is 7.35. The predicted octanol–water partition coefficient (Wildman–Crippen LogP) is 2.39. The zero-order valence-electron chi connectivity index (χ0n) is 16.0. The van der Waals surface area contributed by atoms with Gasteiger partial charge in [-0.25, -0.2) is 4.52 Å². The lowest BCUT2D eigenvalue weighted by Crippen LogP contribution is -2.37. The quantitative estimate of drug-likeness (QED) is 0.648. The first-order valence-electron chi connectivity index (χ1n) is 9.42. The van der Waals surface area contributed by atoms with Gasteiger partial charge >= 0.3 is 5.97 Å². The SMILES string of the molecule is CCOC(=O)C1CCN(c2cc(-c3cnn(C)c3)cn3ncc(C#N)c23)CC1. The van der Waals surface area contributed by atoms with E-state index in [0.29, 0.717) is 12.2 Å². The third-order valence-electron chi connectivity index (χ3n) is 5.21. The molecule has 28 heavy (non-hydrogen) atoms. The number of carbonyl (C=O) groups is 1. The van der Waals surface area contributed by atoms with Crippen molar-refractivity contribution in [1.29, 1.82) is 5.26 Å². The molecular formula is C20H22N6O2. The summed E-state index contributed by atoms with van der Waals surface area (Å²) in [5.74, 6) is -0.174. The maximum atomic E-state index is 12.0. The molecule has 0 aliphatic carbocycles. The summed E-state index contributed by atoms with van der Waals surface area (Å²) in [6, 6.07) is 4.32. The first kappa shape index (κ1) is 18.0. The number of aryl methyl sites for hydroxylation is 1. The monoisotopic (exact) mass is 378 g/mol. The van der Waals surface area contributed by atoms with E-state index in [1.54, 1.807) is 15.4 Å². The van der Waals surface area contributed by atoms with Crippen LogP contribution < -0.4 is 4.90 Å². The fourth-order valence-electron chi connectivity index (χ4n) is 3.77. The molecule has 1 fully saturated rings. The second-order valence-electron chi connectivity index (χ2n) is 6.99. The van der Waals surface area contributed by atoms with Crippen molar-refractivity contribution in [3.8, 4) is 17.2 Å². The molecule has 8 heteroatoms. The van der Waals surface area contributed by atoms with E-state index in [1.165, 1.54) is 0 Å². The Labute approximate surface area is 162 Å². The van der Waals surface area contributed by atoms with E-state index in [9.17, 15) is 10.1 Å². The maximum Gasteiger partial charge on any atom is 0.309 e. The molecular weight excluding hydrogens is 356 g/mol. The number of piperidine rings is 1. The Hall–Kier alpha value is -3.34. The number of fused-ring (bicyclic) bond motifs is 1. The minimum Gasteiger partial charge on any atom is -0.466 e. The molecule has 1 saturated heterocycles. The van der Waals surface area contributed by atoms with Crippen molar-refractivity contribution in [3.05, 3.63) is 36.4 Å². The summed E-state index contributed by atoms with van der Waals surface area (Å²) in [6.45, 7) is 3.70. The number of anilines is 1. The third kappa shape index (κ3) is 3.20. The van der Waals surface area contributed by atoms with E-state index in [0.717, 1.165) is 48.3 Å². The summed E-state index contributed by atoms with van der Waals surface area (Å²) >= 11 is 0. The van der Waals surface area contributed by atoms with Crippen LogP contribution in [-0.4, -0.2) is 45.1 Å². The number of rotatable bonds is 4. The number of aromatic nitrogens is 4. The van der Waals surface area contributed by atoms with Crippen molar-refractivity contribution >= 4 is 17.2 Å². The van der Waals surface area contributed by atoms with Crippen molar-refractivity contribution < 1.29 is 9.53 Å². The highest BCUT2D eigenvalue weighted by Crippen LogP contribution is 2.33. The molecule has 1 aliphatic heterocycles. The maximum absolute atomic E-state index is 12.0. The first-order chi connectivity index (χ1) is 13.6. The van der Waals surface area contributed by atoms with Crippen molar-refractivity contribution in [2.45, 2.75) is 19.8 Å². The highest BCUT2D eigenvalue weighted by molar-refractivity contribution is 5.83. The lowest BCUT2D eigenvalue weighted by molar-refractivity contribution is -0.148. The highest BCUT2D eigenvalue weighted by atomic mass is 16.5. The van der Waals surface area contributed by atoms with Crippen LogP contribution in [0.3, 0.4) is 0 Å². The van der Waals surface area contributed by atoms with Gasteiger partial charge in [-0.05, 0) is 25.8 Å². The van der Waals surface area contributed by atoms with Crippen LogP contribution in [0.1, 0.15) is 25.3 Å². The van der Waals surface area contributed by atoms with Crippen molar-refractivity contribution in [2.75, 3.05) is 24.6 Å². The van der Waals surface area contributed by atoms with E-state index < -0.39 is 0 Å². The van der Waals surface area contributed by atoms with Crippen LogP contribution in [0.4, 0.5) is 5.69 Å². The Kier molecular flexibility index (Phi) is 4.74. The number of ether oxygens (including phenoxy) is 1. The Morgan fingerprint density at radius 2 is 2.04 bits per heavy atom. The number of pyridine rings is 1. The zero-order chi connectivity index (χ0) is 19.7. The van der Waals surface area contributed by atoms with Gasteiger partial charge in [0.25, 0.3) is 0 Å². The Morgan fingerprint density at radius 3 is 2.68 bits per heavy atom. The number of hydrogen-bond donors (Lipinski definition) is 0. The van der Waals surface area contributed by atoms with Crippen LogP contribution >= 0.6 is 0 Å². The molecule has 4 heterocycles. The average molecular weight is 378 g/mol. The van der Waals surface area contributed by atoms with Gasteiger partial charge in [-0.2, -0.15) is 15.5 Å². The van der Waals surface area contributed by atoms with Crippen LogP contribution in [-0.2, 0) is 16.6 Å². The predicted molar refractivity (Wildman–Crippen MR) is 104 cm³/mol. The summed E-state index contributed by atoms with van der Waals surface area (Å²) in [5.41, 5.74) is 4.26. The third-order valence-corrected chi connectivity index (χ3v) is 5.21. The standard InChI is InChI=1S/C20H22N6O2/c1-3-28-20(27)14-4-6-25(7-5-14)18-8-15(17-11-22-24(2)12-17)13-26-19(18)16(9-21)10-23-26/h8,10-14H,3-7H2,1-2H3. The van der Waals surface area contributed by atoms with Gasteiger partial charge in [0.15, 0.2) is 0 Å². The van der Waals surface area contributed by atoms with Gasteiger partial charge in [0.2, 0.25) is 0 Å². The molecule has 4 rings (SSSR count). The largest absolute Gasteiger partial charge is 0.466 e. The smallest absolute Gasteiger partial charge is 0.309 e. The minimum absolute atomic E-state index is 0.0610. The summed E-state index contributed by atoms with van der Waals surface area (Å²) in [7, 11) is 1.88. The number of nitrogens with zero attached hydrogens (tertiary/aromatic N) is 6. The number of nitriles is 1. The molecule has 0 bridgehead atoms. The topological polar surface area (TPSA) is 88.4 Å². The molecule has 0 aromatic carbocycles. The number of carbonyl (C=O) groups excluding carboxylic acids is 1. The van der Waals surface area contributed by atoms with Gasteiger partial charge < -0.3 is 9.64 Å². The molecule has 3 aromatic heterocycles. The molecule has 0 spiro atoms. The molecule has 0 amide bonds. The van der Waals surface area contributed by atoms with Crippen molar-refractivity contribution in [2.24, 2.45) is 13.0 Å². The van der Waals surface area contributed by atoms with Crippen LogP contribution in [0, 0.1) is 17.2 Å². The number of esters is 1. The average Bonchev–Trinajstić information content (AvgIpc) is 3.33. The zero-order valence-corrected chi connectivity index (χ0v) is 16.0. The van der Waals surface area contributed by atoms with Crippen LogP contribution in [0.2, 0.25) is 0 Å². The summed E-state index contributed by atoms with van der Waals surface area (Å²) in [5, 5.41) is 18.1. The Balaban J connectivity index is 1.70. The molecule has 3 aromatic rings. The van der Waals surface area contributed by atoms with Gasteiger partial charge in [0.1, 0.15) is 11.6 Å². The molecule has 8 nitrogen and oxygen atoms in total.